The highest BCUT2D eigenvalue weighted by molar-refractivity contribution is 5.97. The molecule has 4 rings (SSSR count). The lowest BCUT2D eigenvalue weighted by Gasteiger charge is -2.16. The molecule has 1 aromatic carbocycles. The Morgan fingerprint density at radius 2 is 2.12 bits per heavy atom. The Hall–Kier alpha value is -3.15. The van der Waals surface area contributed by atoms with Crippen LogP contribution in [-0.4, -0.2) is 27.8 Å². The van der Waals surface area contributed by atoms with Crippen LogP contribution in [0.25, 0.3) is 5.65 Å². The van der Waals surface area contributed by atoms with Gasteiger partial charge in [-0.25, -0.2) is 9.78 Å². The minimum Gasteiger partial charge on any atom is -0.456 e. The summed E-state index contributed by atoms with van der Waals surface area (Å²) in [5.74, 6) is -0.331. The summed E-state index contributed by atoms with van der Waals surface area (Å²) in [4.78, 5) is 30.4. The molecule has 26 heavy (non-hydrogen) atoms. The maximum Gasteiger partial charge on any atom is 0.338 e. The molecule has 0 aliphatic carbocycles. The van der Waals surface area contributed by atoms with Crippen LogP contribution < -0.4 is 4.90 Å². The van der Waals surface area contributed by atoms with Gasteiger partial charge in [-0.3, -0.25) is 4.79 Å². The molecule has 0 unspecified atom stereocenters. The van der Waals surface area contributed by atoms with E-state index in [4.69, 9.17) is 4.74 Å². The summed E-state index contributed by atoms with van der Waals surface area (Å²) in [7, 11) is 0. The minimum atomic E-state index is -0.424. The summed E-state index contributed by atoms with van der Waals surface area (Å²) < 4.78 is 7.31. The topological polar surface area (TPSA) is 63.9 Å². The zero-order valence-corrected chi connectivity index (χ0v) is 14.5. The monoisotopic (exact) mass is 349 g/mol. The molecule has 2 aromatic heterocycles. The van der Waals surface area contributed by atoms with Gasteiger partial charge >= 0.3 is 5.97 Å². The molecule has 6 heteroatoms. The van der Waals surface area contributed by atoms with Crippen LogP contribution in [0.2, 0.25) is 0 Å². The Morgan fingerprint density at radius 1 is 1.23 bits per heavy atom. The molecular weight excluding hydrogens is 330 g/mol. The number of amides is 1. The first-order valence-corrected chi connectivity index (χ1v) is 8.62. The second-order valence-electron chi connectivity index (χ2n) is 6.48. The van der Waals surface area contributed by atoms with E-state index in [9.17, 15) is 9.59 Å². The number of aromatic nitrogens is 2. The summed E-state index contributed by atoms with van der Waals surface area (Å²) in [5.41, 5.74) is 3.81. The molecule has 0 N–H and O–H groups in total. The molecule has 3 aromatic rings. The maximum atomic E-state index is 12.4. The number of fused-ring (bicyclic) bond motifs is 1. The van der Waals surface area contributed by atoms with Crippen molar-refractivity contribution in [3.8, 4) is 0 Å². The van der Waals surface area contributed by atoms with Gasteiger partial charge in [0.05, 0.1) is 11.3 Å². The first kappa shape index (κ1) is 16.3. The van der Waals surface area contributed by atoms with Gasteiger partial charge in [-0.2, -0.15) is 0 Å². The van der Waals surface area contributed by atoms with Gasteiger partial charge in [0.15, 0.2) is 0 Å². The van der Waals surface area contributed by atoms with Crippen LogP contribution in [0.3, 0.4) is 0 Å². The molecule has 1 amide bonds. The van der Waals surface area contributed by atoms with Crippen LogP contribution in [0.15, 0.2) is 48.8 Å². The zero-order valence-electron chi connectivity index (χ0n) is 14.5. The predicted octanol–water partition coefficient (Wildman–Crippen LogP) is 3.13. The number of carbonyl (C=O) groups excluding carboxylic acids is 2. The number of hydrogen-bond donors (Lipinski definition) is 0. The molecule has 0 bridgehead atoms. The fourth-order valence-corrected chi connectivity index (χ4v) is 3.17. The van der Waals surface area contributed by atoms with E-state index in [1.807, 2.05) is 41.9 Å². The largest absolute Gasteiger partial charge is 0.456 e. The smallest absolute Gasteiger partial charge is 0.338 e. The summed E-state index contributed by atoms with van der Waals surface area (Å²) in [5, 5.41) is 0. The van der Waals surface area contributed by atoms with Gasteiger partial charge in [0.25, 0.3) is 0 Å². The van der Waals surface area contributed by atoms with Crippen molar-refractivity contribution < 1.29 is 14.3 Å². The molecule has 0 radical (unpaired) electrons. The van der Waals surface area contributed by atoms with E-state index in [0.717, 1.165) is 23.3 Å². The Balaban J connectivity index is 1.46. The zero-order chi connectivity index (χ0) is 18.1. The first-order valence-electron chi connectivity index (χ1n) is 8.62. The highest BCUT2D eigenvalue weighted by Gasteiger charge is 2.22. The number of aryl methyl sites for hydroxylation is 1. The van der Waals surface area contributed by atoms with Crippen LogP contribution in [0, 0.1) is 6.92 Å². The van der Waals surface area contributed by atoms with Gasteiger partial charge in [0.2, 0.25) is 5.91 Å². The van der Waals surface area contributed by atoms with E-state index in [2.05, 4.69) is 4.98 Å². The van der Waals surface area contributed by atoms with Gasteiger partial charge in [-0.15, -0.1) is 0 Å². The third-order valence-electron chi connectivity index (χ3n) is 4.47. The lowest BCUT2D eigenvalue weighted by molar-refractivity contribution is -0.117. The molecule has 1 saturated heterocycles. The molecule has 0 saturated carbocycles. The predicted molar refractivity (Wildman–Crippen MR) is 97.1 cm³/mol. The second kappa shape index (κ2) is 6.63. The number of imidazole rings is 1. The summed E-state index contributed by atoms with van der Waals surface area (Å²) in [6.07, 6.45) is 5.24. The first-order chi connectivity index (χ1) is 12.6. The molecule has 0 atom stereocenters. The van der Waals surface area contributed by atoms with Gasteiger partial charge in [-0.05, 0) is 43.2 Å². The molecular formula is C20H19N3O3. The Bertz CT molecular complexity index is 993. The molecule has 0 spiro atoms. The average Bonchev–Trinajstić information content (AvgIpc) is 3.25. The van der Waals surface area contributed by atoms with Crippen LogP contribution in [0.5, 0.6) is 0 Å². The highest BCUT2D eigenvalue weighted by atomic mass is 16.5. The lowest BCUT2D eigenvalue weighted by atomic mass is 10.2. The van der Waals surface area contributed by atoms with Crippen molar-refractivity contribution in [2.45, 2.75) is 26.4 Å². The van der Waals surface area contributed by atoms with Gasteiger partial charge in [0.1, 0.15) is 12.3 Å². The summed E-state index contributed by atoms with van der Waals surface area (Å²) >= 11 is 0. The number of ether oxygens (including phenoxy) is 1. The Labute approximate surface area is 151 Å². The minimum absolute atomic E-state index is 0.0931. The van der Waals surface area contributed by atoms with E-state index < -0.39 is 5.97 Å². The average molecular weight is 349 g/mol. The van der Waals surface area contributed by atoms with Gasteiger partial charge < -0.3 is 14.0 Å². The number of rotatable bonds is 4. The second-order valence-corrected chi connectivity index (χ2v) is 6.48. The van der Waals surface area contributed by atoms with Gasteiger partial charge in [0, 0.05) is 31.0 Å². The SMILES string of the molecule is Cc1ccc2nc(COC(=O)c3cccc(N4CCCC4=O)c3)cn2c1. The van der Waals surface area contributed by atoms with E-state index in [1.165, 1.54) is 0 Å². The number of nitrogens with zero attached hydrogens (tertiary/aromatic N) is 3. The standard InChI is InChI=1S/C20H19N3O3/c1-14-7-8-18-21-16(12-22(18)11-14)13-26-20(25)15-4-2-5-17(10-15)23-9-3-6-19(23)24/h2,4-5,7-8,10-12H,3,6,9,13H2,1H3. The van der Waals surface area contributed by atoms with Crippen LogP contribution in [0.1, 0.15) is 34.5 Å². The Morgan fingerprint density at radius 3 is 2.92 bits per heavy atom. The van der Waals surface area contributed by atoms with Crippen molar-refractivity contribution in [3.63, 3.8) is 0 Å². The van der Waals surface area contributed by atoms with E-state index in [-0.39, 0.29) is 12.5 Å². The molecule has 132 valence electrons. The van der Waals surface area contributed by atoms with Gasteiger partial charge in [-0.1, -0.05) is 12.1 Å². The number of esters is 1. The highest BCUT2D eigenvalue weighted by Crippen LogP contribution is 2.22. The van der Waals surface area contributed by atoms with Crippen molar-refractivity contribution in [2.24, 2.45) is 0 Å². The van der Waals surface area contributed by atoms with E-state index >= 15 is 0 Å². The number of hydrogen-bond acceptors (Lipinski definition) is 4. The third-order valence-corrected chi connectivity index (χ3v) is 4.47. The Kier molecular flexibility index (Phi) is 4.16. The molecule has 3 heterocycles. The summed E-state index contributed by atoms with van der Waals surface area (Å²) in [6, 6.07) is 10.9. The lowest BCUT2D eigenvalue weighted by Crippen LogP contribution is -2.23. The van der Waals surface area contributed by atoms with E-state index in [0.29, 0.717) is 24.2 Å². The quantitative estimate of drug-likeness (QED) is 0.679. The van der Waals surface area contributed by atoms with Crippen molar-refractivity contribution >= 4 is 23.2 Å². The van der Waals surface area contributed by atoms with Crippen LogP contribution in [0.4, 0.5) is 5.69 Å². The third kappa shape index (κ3) is 3.18. The molecule has 1 aliphatic rings. The summed E-state index contributed by atoms with van der Waals surface area (Å²) in [6.45, 7) is 2.81. The van der Waals surface area contributed by atoms with Crippen molar-refractivity contribution in [1.82, 2.24) is 9.38 Å². The number of pyridine rings is 1. The van der Waals surface area contributed by atoms with E-state index in [1.54, 1.807) is 23.1 Å². The van der Waals surface area contributed by atoms with Crippen molar-refractivity contribution in [2.75, 3.05) is 11.4 Å². The molecule has 6 nitrogen and oxygen atoms in total. The number of carbonyl (C=O) groups is 2. The number of benzene rings is 1. The molecule has 1 aliphatic heterocycles. The maximum absolute atomic E-state index is 12.4. The fourth-order valence-electron chi connectivity index (χ4n) is 3.17. The van der Waals surface area contributed by atoms with Crippen LogP contribution >= 0.6 is 0 Å². The number of anilines is 1. The normalized spacial score (nSPS) is 14.2. The van der Waals surface area contributed by atoms with Crippen molar-refractivity contribution in [3.05, 3.63) is 65.6 Å². The van der Waals surface area contributed by atoms with Crippen LogP contribution in [-0.2, 0) is 16.1 Å². The fraction of sp³-hybridized carbons (Fsp3) is 0.250. The van der Waals surface area contributed by atoms with Crippen molar-refractivity contribution in [1.29, 1.82) is 0 Å². The molecule has 1 fully saturated rings.